The van der Waals surface area contributed by atoms with Crippen LogP contribution in [0.4, 0.5) is 11.5 Å². The molecule has 0 aliphatic rings. The summed E-state index contributed by atoms with van der Waals surface area (Å²) in [6, 6.07) is 25.1. The molecule has 0 saturated carbocycles. The number of nitrogens with zero attached hydrogens (tertiary/aromatic N) is 2. The van der Waals surface area contributed by atoms with Crippen molar-refractivity contribution in [3.05, 3.63) is 96.3 Å². The molecule has 5 nitrogen and oxygen atoms in total. The Morgan fingerprint density at radius 1 is 0.931 bits per heavy atom. The van der Waals surface area contributed by atoms with Gasteiger partial charge in [0.15, 0.2) is 5.75 Å². The minimum Gasteiger partial charge on any atom is -0.455 e. The lowest BCUT2D eigenvalue weighted by molar-refractivity contribution is 0.282. The van der Waals surface area contributed by atoms with E-state index in [4.69, 9.17) is 9.84 Å². The molecule has 2 N–H and O–H groups in total. The van der Waals surface area contributed by atoms with Gasteiger partial charge in [-0.05, 0) is 42.8 Å². The second-order valence-corrected chi connectivity index (χ2v) is 6.62. The number of aromatic nitrogens is 2. The highest BCUT2D eigenvalue weighted by Crippen LogP contribution is 2.32. The molecule has 2 aromatic heterocycles. The van der Waals surface area contributed by atoms with E-state index in [1.54, 1.807) is 6.20 Å². The number of aryl methyl sites for hydroxylation is 1. The fourth-order valence-corrected chi connectivity index (χ4v) is 2.94. The first-order valence-electron chi connectivity index (χ1n) is 9.35. The third-order valence-electron chi connectivity index (χ3n) is 4.41. The summed E-state index contributed by atoms with van der Waals surface area (Å²) < 4.78 is 6.16. The zero-order valence-electron chi connectivity index (χ0n) is 16.0. The highest BCUT2D eigenvalue weighted by atomic mass is 16.5. The van der Waals surface area contributed by atoms with Crippen molar-refractivity contribution in [2.75, 3.05) is 5.32 Å². The summed E-state index contributed by atoms with van der Waals surface area (Å²) >= 11 is 0. The number of hydrogen-bond acceptors (Lipinski definition) is 5. The molecule has 0 fully saturated rings. The van der Waals surface area contributed by atoms with E-state index >= 15 is 0 Å². The molecule has 2 aromatic carbocycles. The smallest absolute Gasteiger partial charge is 0.153 e. The van der Waals surface area contributed by atoms with Gasteiger partial charge < -0.3 is 15.2 Å². The fourth-order valence-electron chi connectivity index (χ4n) is 2.94. The molecule has 0 spiro atoms. The molecular formula is C24H21N3O2. The SMILES string of the molecule is Cc1ccc(Oc2ccnc(Nc3ccc(CO)cc3)c2)c(-c2ccccc2)n1. The average Bonchev–Trinajstić information content (AvgIpc) is 2.76. The Balaban J connectivity index is 1.58. The standard InChI is InChI=1S/C24H21N3O2/c1-17-7-12-22(24(26-17)19-5-3-2-4-6-19)29-21-13-14-25-23(15-21)27-20-10-8-18(16-28)9-11-20/h2-15,28H,16H2,1H3,(H,25,27). The van der Waals surface area contributed by atoms with E-state index in [0.29, 0.717) is 17.3 Å². The first-order valence-corrected chi connectivity index (χ1v) is 9.35. The van der Waals surface area contributed by atoms with Crippen LogP contribution in [0.3, 0.4) is 0 Å². The molecule has 4 rings (SSSR count). The zero-order chi connectivity index (χ0) is 20.1. The minimum absolute atomic E-state index is 0.0240. The molecule has 0 amide bonds. The molecule has 0 unspecified atom stereocenters. The average molecular weight is 383 g/mol. The van der Waals surface area contributed by atoms with Crippen LogP contribution in [-0.2, 0) is 6.61 Å². The summed E-state index contributed by atoms with van der Waals surface area (Å²) in [6.45, 7) is 1.99. The molecule has 2 heterocycles. The summed E-state index contributed by atoms with van der Waals surface area (Å²) in [5.41, 5.74) is 4.48. The first kappa shape index (κ1) is 18.7. The normalized spacial score (nSPS) is 10.6. The number of aliphatic hydroxyl groups excluding tert-OH is 1. The van der Waals surface area contributed by atoms with E-state index < -0.39 is 0 Å². The summed E-state index contributed by atoms with van der Waals surface area (Å²) in [6.07, 6.45) is 1.70. The maximum Gasteiger partial charge on any atom is 0.153 e. The topological polar surface area (TPSA) is 67.3 Å². The second kappa shape index (κ2) is 8.54. The molecule has 4 aromatic rings. The van der Waals surface area contributed by atoms with Crippen molar-refractivity contribution in [1.82, 2.24) is 9.97 Å². The van der Waals surface area contributed by atoms with Crippen LogP contribution >= 0.6 is 0 Å². The lowest BCUT2D eigenvalue weighted by atomic mass is 10.1. The van der Waals surface area contributed by atoms with Crippen molar-refractivity contribution >= 4 is 11.5 Å². The third-order valence-corrected chi connectivity index (χ3v) is 4.41. The van der Waals surface area contributed by atoms with Crippen LogP contribution in [0.25, 0.3) is 11.3 Å². The van der Waals surface area contributed by atoms with Crippen LogP contribution in [0.15, 0.2) is 85.1 Å². The summed E-state index contributed by atoms with van der Waals surface area (Å²) in [7, 11) is 0. The van der Waals surface area contributed by atoms with E-state index in [-0.39, 0.29) is 6.61 Å². The van der Waals surface area contributed by atoms with Crippen molar-refractivity contribution < 1.29 is 9.84 Å². The van der Waals surface area contributed by atoms with Crippen molar-refractivity contribution in [2.24, 2.45) is 0 Å². The quantitative estimate of drug-likeness (QED) is 0.461. The molecule has 5 heteroatoms. The van der Waals surface area contributed by atoms with Gasteiger partial charge in [0.1, 0.15) is 17.3 Å². The van der Waals surface area contributed by atoms with E-state index in [1.807, 2.05) is 85.8 Å². The Morgan fingerprint density at radius 2 is 1.72 bits per heavy atom. The Bertz CT molecular complexity index is 1100. The minimum atomic E-state index is 0.0240. The van der Waals surface area contributed by atoms with Gasteiger partial charge in [0.05, 0.1) is 6.61 Å². The molecule has 144 valence electrons. The van der Waals surface area contributed by atoms with E-state index in [1.165, 1.54) is 0 Å². The van der Waals surface area contributed by atoms with Crippen molar-refractivity contribution in [3.63, 3.8) is 0 Å². The molecule has 0 bridgehead atoms. The predicted octanol–water partition coefficient (Wildman–Crippen LogP) is 5.48. The number of rotatable bonds is 6. The Kier molecular flexibility index (Phi) is 5.49. The van der Waals surface area contributed by atoms with Crippen molar-refractivity contribution in [2.45, 2.75) is 13.5 Å². The highest BCUT2D eigenvalue weighted by molar-refractivity contribution is 5.67. The summed E-state index contributed by atoms with van der Waals surface area (Å²) in [5.74, 6) is 2.02. The van der Waals surface area contributed by atoms with Crippen LogP contribution in [0, 0.1) is 6.92 Å². The van der Waals surface area contributed by atoms with E-state index in [9.17, 15) is 0 Å². The lowest BCUT2D eigenvalue weighted by Gasteiger charge is -2.13. The molecule has 29 heavy (non-hydrogen) atoms. The molecular weight excluding hydrogens is 362 g/mol. The van der Waals surface area contributed by atoms with Gasteiger partial charge >= 0.3 is 0 Å². The first-order chi connectivity index (χ1) is 14.2. The predicted molar refractivity (Wildman–Crippen MR) is 114 cm³/mol. The largest absolute Gasteiger partial charge is 0.455 e. The lowest BCUT2D eigenvalue weighted by Crippen LogP contribution is -1.96. The maximum absolute atomic E-state index is 9.16. The number of hydrogen-bond donors (Lipinski definition) is 2. The van der Waals surface area contributed by atoms with Gasteiger partial charge in [-0.1, -0.05) is 42.5 Å². The zero-order valence-corrected chi connectivity index (χ0v) is 16.0. The van der Waals surface area contributed by atoms with E-state index in [2.05, 4.69) is 15.3 Å². The third kappa shape index (κ3) is 4.59. The Hall–Kier alpha value is -3.70. The van der Waals surface area contributed by atoms with Gasteiger partial charge in [-0.15, -0.1) is 0 Å². The monoisotopic (exact) mass is 383 g/mol. The second-order valence-electron chi connectivity index (χ2n) is 6.62. The Morgan fingerprint density at radius 3 is 2.48 bits per heavy atom. The van der Waals surface area contributed by atoms with Gasteiger partial charge in [-0.2, -0.15) is 0 Å². The van der Waals surface area contributed by atoms with Crippen LogP contribution < -0.4 is 10.1 Å². The summed E-state index contributed by atoms with van der Waals surface area (Å²) in [5, 5.41) is 12.4. The van der Waals surface area contributed by atoms with Crippen LogP contribution in [0.1, 0.15) is 11.3 Å². The van der Waals surface area contributed by atoms with Crippen LogP contribution in [0.2, 0.25) is 0 Å². The van der Waals surface area contributed by atoms with Crippen LogP contribution in [0.5, 0.6) is 11.5 Å². The number of nitrogens with one attached hydrogen (secondary N) is 1. The Labute approximate surface area is 169 Å². The molecule has 0 aliphatic heterocycles. The fraction of sp³-hybridized carbons (Fsp3) is 0.0833. The number of benzene rings is 2. The van der Waals surface area contributed by atoms with E-state index in [0.717, 1.165) is 28.2 Å². The highest BCUT2D eigenvalue weighted by Gasteiger charge is 2.10. The number of pyridine rings is 2. The van der Waals surface area contributed by atoms with Gasteiger partial charge in [0.25, 0.3) is 0 Å². The van der Waals surface area contributed by atoms with Gasteiger partial charge in [-0.25, -0.2) is 9.97 Å². The van der Waals surface area contributed by atoms with Crippen molar-refractivity contribution in [1.29, 1.82) is 0 Å². The molecule has 0 radical (unpaired) electrons. The van der Waals surface area contributed by atoms with Gasteiger partial charge in [0.2, 0.25) is 0 Å². The summed E-state index contributed by atoms with van der Waals surface area (Å²) in [4.78, 5) is 9.03. The molecule has 0 aliphatic carbocycles. The number of anilines is 2. The van der Waals surface area contributed by atoms with Gasteiger partial charge in [0, 0.05) is 29.2 Å². The van der Waals surface area contributed by atoms with Crippen LogP contribution in [-0.4, -0.2) is 15.1 Å². The molecule has 0 atom stereocenters. The van der Waals surface area contributed by atoms with Crippen molar-refractivity contribution in [3.8, 4) is 22.8 Å². The molecule has 0 saturated heterocycles. The number of aliphatic hydroxyl groups is 1. The van der Waals surface area contributed by atoms with Gasteiger partial charge in [-0.3, -0.25) is 0 Å². The number of ether oxygens (including phenoxy) is 1. The maximum atomic E-state index is 9.16.